The van der Waals surface area contributed by atoms with Crippen LogP contribution in [-0.4, -0.2) is 37.5 Å². The van der Waals surface area contributed by atoms with Crippen LogP contribution < -0.4 is 11.1 Å². The molecule has 2 unspecified atom stereocenters. The van der Waals surface area contributed by atoms with Crippen LogP contribution in [-0.2, 0) is 9.47 Å². The molecule has 0 spiro atoms. The second kappa shape index (κ2) is 6.57. The summed E-state index contributed by atoms with van der Waals surface area (Å²) < 4.78 is 11.0. The first kappa shape index (κ1) is 16.2. The average molecular weight is 272 g/mol. The maximum atomic E-state index is 11.7. The first-order chi connectivity index (χ1) is 8.77. The van der Waals surface area contributed by atoms with Crippen LogP contribution in [0.15, 0.2) is 0 Å². The van der Waals surface area contributed by atoms with Gasteiger partial charge in [0.1, 0.15) is 5.60 Å². The predicted molar refractivity (Wildman–Crippen MR) is 75.0 cm³/mol. The van der Waals surface area contributed by atoms with Gasteiger partial charge in [-0.05, 0) is 40.0 Å². The Balaban J connectivity index is 2.48. The normalized spacial score (nSPS) is 23.5. The van der Waals surface area contributed by atoms with E-state index >= 15 is 0 Å². The standard InChI is InChI=1S/C14H28N2O3/c1-13(2,3)19-12(17)16-10-14(4,9-15)11-7-5-6-8-18-11/h11H,5-10,15H2,1-4H3,(H,16,17). The monoisotopic (exact) mass is 272 g/mol. The molecule has 0 bridgehead atoms. The topological polar surface area (TPSA) is 73.6 Å². The molecule has 1 amide bonds. The van der Waals surface area contributed by atoms with E-state index in [1.807, 2.05) is 20.8 Å². The number of amides is 1. The minimum atomic E-state index is -0.482. The molecule has 2 atom stereocenters. The number of nitrogens with one attached hydrogen (secondary N) is 1. The lowest BCUT2D eigenvalue weighted by molar-refractivity contribution is -0.0578. The van der Waals surface area contributed by atoms with Gasteiger partial charge in [-0.1, -0.05) is 6.92 Å². The molecule has 0 radical (unpaired) electrons. The molecule has 0 aromatic carbocycles. The van der Waals surface area contributed by atoms with Crippen LogP contribution in [0.1, 0.15) is 47.0 Å². The van der Waals surface area contributed by atoms with E-state index < -0.39 is 11.7 Å². The van der Waals surface area contributed by atoms with Crippen LogP contribution in [0.3, 0.4) is 0 Å². The smallest absolute Gasteiger partial charge is 0.407 e. The Labute approximate surface area is 116 Å². The molecule has 0 aromatic rings. The SMILES string of the molecule is CC(C)(C)OC(=O)NCC(C)(CN)C1CCCCO1. The first-order valence-electron chi connectivity index (χ1n) is 7.05. The second-order valence-corrected chi connectivity index (χ2v) is 6.57. The van der Waals surface area contributed by atoms with E-state index in [4.69, 9.17) is 15.2 Å². The molecule has 3 N–H and O–H groups in total. The Bertz CT molecular complexity index is 296. The summed E-state index contributed by atoms with van der Waals surface area (Å²) in [5, 5.41) is 2.81. The molecule has 19 heavy (non-hydrogen) atoms. The summed E-state index contributed by atoms with van der Waals surface area (Å²) in [6.07, 6.45) is 2.98. The van der Waals surface area contributed by atoms with E-state index in [0.29, 0.717) is 13.1 Å². The third-order valence-electron chi connectivity index (χ3n) is 3.46. The summed E-state index contributed by atoms with van der Waals surface area (Å²) in [4.78, 5) is 11.7. The summed E-state index contributed by atoms with van der Waals surface area (Å²) in [6, 6.07) is 0. The quantitative estimate of drug-likeness (QED) is 0.821. The Morgan fingerprint density at radius 1 is 1.37 bits per heavy atom. The van der Waals surface area contributed by atoms with Crippen molar-refractivity contribution in [3.05, 3.63) is 0 Å². The average Bonchev–Trinajstić information content (AvgIpc) is 2.35. The zero-order chi connectivity index (χ0) is 14.5. The van der Waals surface area contributed by atoms with Crippen molar-refractivity contribution < 1.29 is 14.3 Å². The molecule has 1 saturated heterocycles. The Morgan fingerprint density at radius 2 is 2.05 bits per heavy atom. The van der Waals surface area contributed by atoms with Crippen molar-refractivity contribution in [2.24, 2.45) is 11.1 Å². The van der Waals surface area contributed by atoms with E-state index in [0.717, 1.165) is 25.9 Å². The van der Waals surface area contributed by atoms with Crippen molar-refractivity contribution in [3.63, 3.8) is 0 Å². The van der Waals surface area contributed by atoms with Gasteiger partial charge in [-0.3, -0.25) is 0 Å². The Kier molecular flexibility index (Phi) is 5.62. The predicted octanol–water partition coefficient (Wildman–Crippen LogP) is 2.05. The molecule has 5 heteroatoms. The molecule has 0 saturated carbocycles. The van der Waals surface area contributed by atoms with Crippen LogP contribution in [0.25, 0.3) is 0 Å². The van der Waals surface area contributed by atoms with Crippen molar-refractivity contribution in [1.82, 2.24) is 5.32 Å². The highest BCUT2D eigenvalue weighted by Gasteiger charge is 2.35. The lowest BCUT2D eigenvalue weighted by Gasteiger charge is -2.39. The molecule has 1 fully saturated rings. The van der Waals surface area contributed by atoms with Gasteiger partial charge in [-0.25, -0.2) is 4.79 Å². The summed E-state index contributed by atoms with van der Waals surface area (Å²) in [5.74, 6) is 0. The zero-order valence-electron chi connectivity index (χ0n) is 12.6. The van der Waals surface area contributed by atoms with Gasteiger partial charge >= 0.3 is 6.09 Å². The second-order valence-electron chi connectivity index (χ2n) is 6.57. The van der Waals surface area contributed by atoms with Gasteiger partial charge in [-0.15, -0.1) is 0 Å². The van der Waals surface area contributed by atoms with Crippen molar-refractivity contribution in [1.29, 1.82) is 0 Å². The molecular weight excluding hydrogens is 244 g/mol. The third kappa shape index (κ3) is 5.37. The molecule has 112 valence electrons. The van der Waals surface area contributed by atoms with E-state index in [1.54, 1.807) is 0 Å². The zero-order valence-corrected chi connectivity index (χ0v) is 12.6. The maximum absolute atomic E-state index is 11.7. The van der Waals surface area contributed by atoms with Gasteiger partial charge in [-0.2, -0.15) is 0 Å². The minimum Gasteiger partial charge on any atom is -0.444 e. The number of nitrogens with two attached hydrogens (primary N) is 1. The molecular formula is C14H28N2O3. The Hall–Kier alpha value is -0.810. The van der Waals surface area contributed by atoms with Crippen LogP contribution in [0, 0.1) is 5.41 Å². The van der Waals surface area contributed by atoms with Crippen LogP contribution >= 0.6 is 0 Å². The molecule has 1 aliphatic rings. The number of hydrogen-bond donors (Lipinski definition) is 2. The largest absolute Gasteiger partial charge is 0.444 e. The molecule has 1 rings (SSSR count). The number of ether oxygens (including phenoxy) is 2. The first-order valence-corrected chi connectivity index (χ1v) is 7.05. The van der Waals surface area contributed by atoms with Gasteiger partial charge < -0.3 is 20.5 Å². The van der Waals surface area contributed by atoms with Crippen LogP contribution in [0.5, 0.6) is 0 Å². The fourth-order valence-corrected chi connectivity index (χ4v) is 2.20. The molecule has 1 heterocycles. The van der Waals surface area contributed by atoms with Gasteiger partial charge in [0, 0.05) is 25.1 Å². The number of rotatable bonds is 4. The van der Waals surface area contributed by atoms with Crippen molar-refractivity contribution >= 4 is 6.09 Å². The van der Waals surface area contributed by atoms with Crippen molar-refractivity contribution in [3.8, 4) is 0 Å². The fraction of sp³-hybridized carbons (Fsp3) is 0.929. The minimum absolute atomic E-state index is 0.112. The summed E-state index contributed by atoms with van der Waals surface area (Å²) >= 11 is 0. The van der Waals surface area contributed by atoms with Gasteiger partial charge in [0.15, 0.2) is 0 Å². The number of hydrogen-bond acceptors (Lipinski definition) is 4. The summed E-state index contributed by atoms with van der Waals surface area (Å²) in [5.41, 5.74) is 5.16. The highest BCUT2D eigenvalue weighted by atomic mass is 16.6. The Morgan fingerprint density at radius 3 is 2.53 bits per heavy atom. The molecule has 1 aliphatic heterocycles. The van der Waals surface area contributed by atoms with Crippen molar-refractivity contribution in [2.45, 2.75) is 58.7 Å². The van der Waals surface area contributed by atoms with E-state index in [9.17, 15) is 4.79 Å². The van der Waals surface area contributed by atoms with Gasteiger partial charge in [0.25, 0.3) is 0 Å². The fourth-order valence-electron chi connectivity index (χ4n) is 2.20. The molecule has 0 aromatic heterocycles. The summed E-state index contributed by atoms with van der Waals surface area (Å²) in [7, 11) is 0. The third-order valence-corrected chi connectivity index (χ3v) is 3.46. The highest BCUT2D eigenvalue weighted by molar-refractivity contribution is 5.67. The van der Waals surface area contributed by atoms with Crippen molar-refractivity contribution in [2.75, 3.05) is 19.7 Å². The molecule has 5 nitrogen and oxygen atoms in total. The molecule has 0 aliphatic carbocycles. The number of carbonyl (C=O) groups excluding carboxylic acids is 1. The van der Waals surface area contributed by atoms with Crippen LogP contribution in [0.4, 0.5) is 4.79 Å². The lowest BCUT2D eigenvalue weighted by atomic mass is 9.80. The van der Waals surface area contributed by atoms with E-state index in [1.165, 1.54) is 0 Å². The maximum Gasteiger partial charge on any atom is 0.407 e. The highest BCUT2D eigenvalue weighted by Crippen LogP contribution is 2.29. The van der Waals surface area contributed by atoms with Gasteiger partial charge in [0.05, 0.1) is 6.10 Å². The summed E-state index contributed by atoms with van der Waals surface area (Å²) in [6.45, 7) is 9.33. The lowest BCUT2D eigenvalue weighted by Crippen LogP contribution is -2.50. The number of carbonyl (C=O) groups is 1. The van der Waals surface area contributed by atoms with Crippen LogP contribution in [0.2, 0.25) is 0 Å². The van der Waals surface area contributed by atoms with E-state index in [-0.39, 0.29) is 11.5 Å². The van der Waals surface area contributed by atoms with Gasteiger partial charge in [0.2, 0.25) is 0 Å². The van der Waals surface area contributed by atoms with E-state index in [2.05, 4.69) is 12.2 Å². The number of alkyl carbamates (subject to hydrolysis) is 1.